The summed E-state index contributed by atoms with van der Waals surface area (Å²) in [4.78, 5) is 16.6. The van der Waals surface area contributed by atoms with Crippen LogP contribution in [0.4, 0.5) is 5.13 Å². The number of thiazole rings is 1. The molecule has 0 aliphatic rings. The molecule has 2 heterocycles. The van der Waals surface area contributed by atoms with Gasteiger partial charge >= 0.3 is 0 Å². The van der Waals surface area contributed by atoms with Crippen molar-refractivity contribution in [3.63, 3.8) is 0 Å². The molecule has 1 amide bonds. The number of aromatic nitrogens is 3. The van der Waals surface area contributed by atoms with E-state index >= 15 is 0 Å². The summed E-state index contributed by atoms with van der Waals surface area (Å²) in [7, 11) is 0. The molecule has 0 bridgehead atoms. The van der Waals surface area contributed by atoms with Crippen LogP contribution in [0.25, 0.3) is 11.3 Å². The van der Waals surface area contributed by atoms with Gasteiger partial charge in [0, 0.05) is 10.9 Å². The van der Waals surface area contributed by atoms with Gasteiger partial charge in [-0.25, -0.2) is 4.98 Å². The molecule has 2 aromatic heterocycles. The van der Waals surface area contributed by atoms with E-state index in [1.54, 1.807) is 0 Å². The molecule has 114 valence electrons. The number of aryl methyl sites for hydroxylation is 1. The molecule has 1 aromatic carbocycles. The summed E-state index contributed by atoms with van der Waals surface area (Å²) in [6.45, 7) is 2.01. The Labute approximate surface area is 140 Å². The van der Waals surface area contributed by atoms with Gasteiger partial charge in [0.25, 0.3) is 5.91 Å². The van der Waals surface area contributed by atoms with Crippen LogP contribution in [-0.2, 0) is 4.79 Å². The smallest absolute Gasteiger partial charge is 0.250 e. The number of hydrogen-bond acceptors (Lipinski definition) is 7. The van der Waals surface area contributed by atoms with Crippen LogP contribution in [0.5, 0.6) is 0 Å². The average Bonchev–Trinajstić information content (AvgIpc) is 3.21. The second-order valence-corrected chi connectivity index (χ2v) is 6.46. The molecule has 1 unspecified atom stereocenters. The molecular weight excluding hydrogens is 330 g/mol. The van der Waals surface area contributed by atoms with Gasteiger partial charge in [0.15, 0.2) is 5.92 Å². The van der Waals surface area contributed by atoms with Gasteiger partial charge in [0.1, 0.15) is 10.5 Å². The third-order valence-electron chi connectivity index (χ3n) is 3.10. The van der Waals surface area contributed by atoms with E-state index in [9.17, 15) is 10.1 Å². The van der Waals surface area contributed by atoms with Gasteiger partial charge in [-0.2, -0.15) is 5.26 Å². The summed E-state index contributed by atoms with van der Waals surface area (Å²) in [5.41, 5.74) is 4.39. The number of nitrogens with one attached hydrogen (secondary N) is 1. The zero-order valence-corrected chi connectivity index (χ0v) is 13.7. The van der Waals surface area contributed by atoms with Crippen molar-refractivity contribution in [3.05, 3.63) is 45.7 Å². The van der Waals surface area contributed by atoms with Gasteiger partial charge in [-0.3, -0.25) is 10.1 Å². The third-order valence-corrected chi connectivity index (χ3v) is 4.61. The summed E-state index contributed by atoms with van der Waals surface area (Å²) < 4.78 is 0. The Hall–Kier alpha value is -2.63. The minimum absolute atomic E-state index is 0.366. The highest BCUT2D eigenvalue weighted by Crippen LogP contribution is 2.27. The highest BCUT2D eigenvalue weighted by Gasteiger charge is 2.24. The van der Waals surface area contributed by atoms with Crippen molar-refractivity contribution < 1.29 is 4.79 Å². The van der Waals surface area contributed by atoms with Gasteiger partial charge in [-0.1, -0.05) is 41.2 Å². The van der Waals surface area contributed by atoms with E-state index in [-0.39, 0.29) is 0 Å². The van der Waals surface area contributed by atoms with Gasteiger partial charge in [0.05, 0.1) is 11.8 Å². The number of amides is 1. The van der Waals surface area contributed by atoms with Gasteiger partial charge in [-0.05, 0) is 6.92 Å². The first-order valence-electron chi connectivity index (χ1n) is 6.66. The predicted molar refractivity (Wildman–Crippen MR) is 89.2 cm³/mol. The number of carbonyl (C=O) groups is 1. The van der Waals surface area contributed by atoms with Crippen molar-refractivity contribution in [2.45, 2.75) is 12.8 Å². The first-order valence-corrected chi connectivity index (χ1v) is 8.42. The molecule has 6 nitrogen and oxygen atoms in total. The number of anilines is 1. The van der Waals surface area contributed by atoms with Gasteiger partial charge in [0.2, 0.25) is 5.13 Å². The largest absolute Gasteiger partial charge is 0.299 e. The van der Waals surface area contributed by atoms with E-state index < -0.39 is 11.8 Å². The highest BCUT2D eigenvalue weighted by atomic mass is 32.1. The topological polar surface area (TPSA) is 91.6 Å². The number of nitriles is 1. The van der Waals surface area contributed by atoms with E-state index in [0.29, 0.717) is 10.1 Å². The van der Waals surface area contributed by atoms with Crippen molar-refractivity contribution >= 4 is 33.7 Å². The number of rotatable bonds is 4. The molecule has 8 heteroatoms. The minimum Gasteiger partial charge on any atom is -0.299 e. The van der Waals surface area contributed by atoms with Gasteiger partial charge in [-0.15, -0.1) is 21.5 Å². The fourth-order valence-electron chi connectivity index (χ4n) is 1.91. The lowest BCUT2D eigenvalue weighted by atomic mass is 10.1. The lowest BCUT2D eigenvalue weighted by molar-refractivity contribution is -0.116. The summed E-state index contributed by atoms with van der Waals surface area (Å²) in [5, 5.41) is 22.0. The van der Waals surface area contributed by atoms with Crippen molar-refractivity contribution in [2.75, 3.05) is 5.32 Å². The first-order chi connectivity index (χ1) is 11.2. The number of hydrogen-bond donors (Lipinski definition) is 1. The van der Waals surface area contributed by atoms with E-state index in [1.807, 2.05) is 42.6 Å². The molecule has 0 saturated carbocycles. The molecule has 23 heavy (non-hydrogen) atoms. The molecule has 0 fully saturated rings. The van der Waals surface area contributed by atoms with Crippen molar-refractivity contribution in [3.8, 4) is 17.3 Å². The summed E-state index contributed by atoms with van der Waals surface area (Å²) in [5.74, 6) is -1.42. The Morgan fingerprint density at radius 2 is 2.09 bits per heavy atom. The summed E-state index contributed by atoms with van der Waals surface area (Å²) >= 11 is 2.49. The lowest BCUT2D eigenvalue weighted by Gasteiger charge is -2.04. The molecular formula is C15H11N5OS2. The number of nitrogens with zero attached hydrogens (tertiary/aromatic N) is 4. The first kappa shape index (κ1) is 15.3. The molecule has 1 atom stereocenters. The summed E-state index contributed by atoms with van der Waals surface area (Å²) in [6, 6.07) is 9.93. The van der Waals surface area contributed by atoms with Crippen LogP contribution in [-0.4, -0.2) is 21.1 Å². The van der Waals surface area contributed by atoms with Crippen LogP contribution in [0.1, 0.15) is 16.5 Å². The Balaban J connectivity index is 1.81. The number of carbonyl (C=O) groups excluding carboxylic acids is 1. The maximum absolute atomic E-state index is 12.2. The van der Waals surface area contributed by atoms with E-state index in [0.717, 1.165) is 16.8 Å². The van der Waals surface area contributed by atoms with Crippen molar-refractivity contribution in [1.82, 2.24) is 15.2 Å². The molecule has 0 spiro atoms. The van der Waals surface area contributed by atoms with Gasteiger partial charge < -0.3 is 0 Å². The SMILES string of the molecule is Cc1ccc(-c2csc(C(C#N)C(=O)Nc3nncs3)n2)cc1. The maximum atomic E-state index is 12.2. The lowest BCUT2D eigenvalue weighted by Crippen LogP contribution is -2.19. The Morgan fingerprint density at radius 1 is 1.30 bits per heavy atom. The Morgan fingerprint density at radius 3 is 2.74 bits per heavy atom. The van der Waals surface area contributed by atoms with E-state index in [1.165, 1.54) is 28.2 Å². The fourth-order valence-corrected chi connectivity index (χ4v) is 3.22. The quantitative estimate of drug-likeness (QED) is 0.786. The molecule has 0 saturated heterocycles. The van der Waals surface area contributed by atoms with Crippen molar-refractivity contribution in [2.24, 2.45) is 0 Å². The molecule has 0 aliphatic heterocycles. The van der Waals surface area contributed by atoms with Crippen LogP contribution < -0.4 is 5.32 Å². The van der Waals surface area contributed by atoms with Crippen LogP contribution >= 0.6 is 22.7 Å². The third kappa shape index (κ3) is 3.41. The Bertz CT molecular complexity index is 849. The average molecular weight is 341 g/mol. The monoisotopic (exact) mass is 341 g/mol. The standard InChI is InChI=1S/C15H11N5OS2/c1-9-2-4-10(5-3-9)12-7-22-14(18-12)11(6-16)13(21)19-15-20-17-8-23-15/h2-5,7-8,11H,1H3,(H,19,20,21). The van der Waals surface area contributed by atoms with E-state index in [2.05, 4.69) is 20.5 Å². The number of benzene rings is 1. The zero-order valence-electron chi connectivity index (χ0n) is 12.1. The van der Waals surface area contributed by atoms with Crippen LogP contribution in [0, 0.1) is 18.3 Å². The highest BCUT2D eigenvalue weighted by molar-refractivity contribution is 7.13. The molecule has 3 aromatic rings. The van der Waals surface area contributed by atoms with E-state index in [4.69, 9.17) is 0 Å². The van der Waals surface area contributed by atoms with Crippen LogP contribution in [0.15, 0.2) is 35.2 Å². The molecule has 0 radical (unpaired) electrons. The second kappa shape index (κ2) is 6.64. The van der Waals surface area contributed by atoms with Crippen molar-refractivity contribution in [1.29, 1.82) is 5.26 Å². The minimum atomic E-state index is -0.969. The Kier molecular flexibility index (Phi) is 4.41. The molecule has 1 N–H and O–H groups in total. The predicted octanol–water partition coefficient (Wildman–Crippen LogP) is 3.22. The molecule has 3 rings (SSSR count). The zero-order chi connectivity index (χ0) is 16.2. The normalized spacial score (nSPS) is 11.7. The maximum Gasteiger partial charge on any atom is 0.250 e. The van der Waals surface area contributed by atoms with Crippen LogP contribution in [0.2, 0.25) is 0 Å². The van der Waals surface area contributed by atoms with Crippen LogP contribution in [0.3, 0.4) is 0 Å². The molecule has 0 aliphatic carbocycles. The fraction of sp³-hybridized carbons (Fsp3) is 0.133. The summed E-state index contributed by atoms with van der Waals surface area (Å²) in [6.07, 6.45) is 0. The second-order valence-electron chi connectivity index (χ2n) is 4.73.